The van der Waals surface area contributed by atoms with E-state index in [9.17, 15) is 9.13 Å². The summed E-state index contributed by atoms with van der Waals surface area (Å²) in [4.78, 5) is 31.0. The molecule has 6 N–H and O–H groups in total. The summed E-state index contributed by atoms with van der Waals surface area (Å²) >= 11 is -3.58. The molecule has 0 aliphatic heterocycles. The van der Waals surface area contributed by atoms with E-state index in [-0.39, 0.29) is 0 Å². The van der Waals surface area contributed by atoms with Gasteiger partial charge in [-0.15, -0.1) is 0 Å². The molecular weight excluding hydrogens is 270 g/mol. The zero-order chi connectivity index (χ0) is 11.3. The van der Waals surface area contributed by atoms with Crippen molar-refractivity contribution in [2.24, 2.45) is 0 Å². The van der Waals surface area contributed by atoms with Crippen LogP contribution in [0.1, 0.15) is 0 Å². The molecule has 0 aliphatic carbocycles. The molecule has 0 radical (unpaired) electrons. The van der Waals surface area contributed by atoms with Crippen LogP contribution in [0.25, 0.3) is 0 Å². The molecule has 10 nitrogen and oxygen atoms in total. The van der Waals surface area contributed by atoms with Crippen LogP contribution in [-0.2, 0) is 35.4 Å². The minimum atomic E-state index is -5.05. The predicted molar refractivity (Wildman–Crippen MR) is 30.3 cm³/mol. The molecule has 0 bridgehead atoms. The monoisotopic (exact) mass is 276 g/mol. The van der Waals surface area contributed by atoms with Gasteiger partial charge in [-0.3, -0.25) is 0 Å². The van der Waals surface area contributed by atoms with Crippen LogP contribution in [0, 0.1) is 0 Å². The fourth-order valence-corrected chi connectivity index (χ4v) is 1.25. The first-order valence-corrected chi connectivity index (χ1v) is 7.28. The molecule has 0 spiro atoms. The van der Waals surface area contributed by atoms with E-state index in [1.165, 1.54) is 0 Å². The van der Waals surface area contributed by atoms with Crippen LogP contribution in [0.4, 0.5) is 0 Å². The van der Waals surface area contributed by atoms with Crippen molar-refractivity contribution in [3.05, 3.63) is 0 Å². The third-order valence-electron chi connectivity index (χ3n) is 0.213. The van der Waals surface area contributed by atoms with Gasteiger partial charge in [-0.25, -0.2) is 9.13 Å². The van der Waals surface area contributed by atoms with Gasteiger partial charge in [0.05, 0.1) is 0 Å². The van der Waals surface area contributed by atoms with Crippen molar-refractivity contribution in [3.8, 4) is 0 Å². The van der Waals surface area contributed by atoms with E-state index >= 15 is 0 Å². The summed E-state index contributed by atoms with van der Waals surface area (Å²) in [7, 11) is -10.1. The molecule has 0 heterocycles. The van der Waals surface area contributed by atoms with Crippen LogP contribution in [0.5, 0.6) is 0 Å². The van der Waals surface area contributed by atoms with Crippen molar-refractivity contribution >= 4 is 15.6 Å². The quantitative estimate of drug-likeness (QED) is 0.242. The van der Waals surface area contributed by atoms with E-state index in [4.69, 9.17) is 30.3 Å². The van der Waals surface area contributed by atoms with Gasteiger partial charge in [0.15, 0.2) is 0 Å². The second-order valence-corrected chi connectivity index (χ2v) is 4.84. The van der Waals surface area contributed by atoms with Crippen molar-refractivity contribution in [2.45, 2.75) is 0 Å². The van der Waals surface area contributed by atoms with Crippen molar-refractivity contribution in [1.29, 1.82) is 0 Å². The summed E-state index contributed by atoms with van der Waals surface area (Å²) in [6, 6.07) is 0. The molecule has 0 saturated heterocycles. The second-order valence-electron chi connectivity index (χ2n) is 1.35. The molecule has 0 amide bonds. The van der Waals surface area contributed by atoms with Crippen LogP contribution in [-0.4, -0.2) is 26.9 Å². The normalized spacial score (nSPS) is 11.5. The van der Waals surface area contributed by atoms with Crippen molar-refractivity contribution < 1.29 is 62.3 Å². The molecule has 0 fully saturated rings. The van der Waals surface area contributed by atoms with Gasteiger partial charge in [0.2, 0.25) is 0 Å². The topological polar surface area (TPSA) is 182 Å². The molecule has 0 atom stereocenters. The molecule has 0 unspecified atom stereocenters. The van der Waals surface area contributed by atoms with Crippen molar-refractivity contribution in [1.82, 2.24) is 0 Å². The molecule has 0 aromatic carbocycles. The van der Waals surface area contributed by atoms with Gasteiger partial charge in [0.1, 0.15) is 0 Å². The Balaban J connectivity index is 0. The van der Waals surface area contributed by atoms with E-state index < -0.39 is 34.3 Å². The SMILES string of the molecule is O=P(O)(O)OP(=O)(O)O.[O]=[Ti]([OH])[OH]. The van der Waals surface area contributed by atoms with Gasteiger partial charge in [0.25, 0.3) is 0 Å². The molecule has 13 heteroatoms. The van der Waals surface area contributed by atoms with Crippen LogP contribution >= 0.6 is 15.6 Å². The van der Waals surface area contributed by atoms with Crippen LogP contribution < -0.4 is 0 Å². The molecule has 13 heavy (non-hydrogen) atoms. The van der Waals surface area contributed by atoms with Gasteiger partial charge >= 0.3 is 45.0 Å². The Labute approximate surface area is 78.4 Å². The fraction of sp³-hybridized carbons (Fsp3) is 0. The summed E-state index contributed by atoms with van der Waals surface area (Å²) in [5.74, 6) is 0. The molecule has 0 aromatic rings. The van der Waals surface area contributed by atoms with Crippen LogP contribution in [0.3, 0.4) is 0 Å². The van der Waals surface area contributed by atoms with Gasteiger partial charge in [-0.1, -0.05) is 0 Å². The number of rotatable bonds is 2. The molecule has 80 valence electrons. The van der Waals surface area contributed by atoms with Gasteiger partial charge in [0, 0.05) is 0 Å². The first-order chi connectivity index (χ1) is 5.44. The Hall–Kier alpha value is 0.694. The first kappa shape index (κ1) is 16.1. The Kier molecular flexibility index (Phi) is 7.73. The average molecular weight is 276 g/mol. The van der Waals surface area contributed by atoms with E-state index in [1.807, 2.05) is 0 Å². The van der Waals surface area contributed by atoms with E-state index in [0.717, 1.165) is 0 Å². The molecule has 0 aromatic heterocycles. The molecule has 0 aliphatic rings. The molecule has 0 saturated carbocycles. The van der Waals surface area contributed by atoms with Crippen molar-refractivity contribution in [2.75, 3.05) is 0 Å². The number of phosphoric acid groups is 2. The maximum atomic E-state index is 9.63. The number of hydrogen-bond acceptors (Lipinski definition) is 4. The fourth-order valence-electron chi connectivity index (χ4n) is 0.139. The third-order valence-corrected chi connectivity index (χ3v) is 1.91. The van der Waals surface area contributed by atoms with Gasteiger partial charge < -0.3 is 19.6 Å². The average Bonchev–Trinajstić information content (AvgIpc) is 1.47. The Morgan fingerprint density at radius 1 is 0.923 bits per heavy atom. The zero-order valence-electron chi connectivity index (χ0n) is 5.71. The van der Waals surface area contributed by atoms with Gasteiger partial charge in [-0.2, -0.15) is 4.31 Å². The van der Waals surface area contributed by atoms with Crippen LogP contribution in [0.2, 0.25) is 0 Å². The molecule has 0 rings (SSSR count). The summed E-state index contributed by atoms with van der Waals surface area (Å²) in [5.41, 5.74) is 0. The summed E-state index contributed by atoms with van der Waals surface area (Å²) < 4.78 is 45.5. The van der Waals surface area contributed by atoms with E-state index in [2.05, 4.69) is 4.31 Å². The summed E-state index contributed by atoms with van der Waals surface area (Å²) in [5, 5.41) is 0. The van der Waals surface area contributed by atoms with Gasteiger partial charge in [-0.05, 0) is 0 Å². The zero-order valence-corrected chi connectivity index (χ0v) is 9.06. The Morgan fingerprint density at radius 3 is 1.08 bits per heavy atom. The van der Waals surface area contributed by atoms with E-state index in [0.29, 0.717) is 0 Å². The Bertz CT molecular complexity index is 218. The second kappa shape index (κ2) is 6.23. The van der Waals surface area contributed by atoms with Crippen molar-refractivity contribution in [3.63, 3.8) is 0 Å². The minimum absolute atomic E-state index is 2.96. The van der Waals surface area contributed by atoms with Crippen LogP contribution in [0.15, 0.2) is 0 Å². The Morgan fingerprint density at radius 2 is 1.08 bits per heavy atom. The maximum absolute atomic E-state index is 9.63. The summed E-state index contributed by atoms with van der Waals surface area (Å²) in [6.45, 7) is 0. The molecular formula is H6O10P2Ti. The summed E-state index contributed by atoms with van der Waals surface area (Å²) in [6.07, 6.45) is 0. The first-order valence-electron chi connectivity index (χ1n) is 2.18. The third kappa shape index (κ3) is 32.4. The standard InChI is InChI=1S/H4O7P2.2H2O.O.Ti/c1-8(2,3)7-9(4,5)6;;;;/h(H2,1,2,3)(H2,4,5,6);2*1H2;;/q;;;;+2/p-2. The van der Waals surface area contributed by atoms with E-state index in [1.54, 1.807) is 0 Å². The predicted octanol–water partition coefficient (Wildman–Crippen LogP) is -2.05. The number of hydrogen-bond donors (Lipinski definition) is 6.